The summed E-state index contributed by atoms with van der Waals surface area (Å²) in [5, 5.41) is 2.93. The number of anilines is 2. The van der Waals surface area contributed by atoms with Gasteiger partial charge in [0.2, 0.25) is 10.0 Å². The second-order valence-corrected chi connectivity index (χ2v) is 6.49. The van der Waals surface area contributed by atoms with E-state index in [0.717, 1.165) is 17.1 Å². The van der Waals surface area contributed by atoms with E-state index in [1.54, 1.807) is 18.2 Å². The number of sulfonamides is 1. The lowest BCUT2D eigenvalue weighted by atomic mass is 10.2. The summed E-state index contributed by atoms with van der Waals surface area (Å²) < 4.78 is 25.6. The molecule has 0 radical (unpaired) electrons. The van der Waals surface area contributed by atoms with Gasteiger partial charge in [-0.05, 0) is 18.6 Å². The van der Waals surface area contributed by atoms with E-state index in [1.807, 2.05) is 13.0 Å². The largest absolute Gasteiger partial charge is 0.374 e. The Morgan fingerprint density at radius 2 is 2.00 bits per heavy atom. The van der Waals surface area contributed by atoms with Gasteiger partial charge in [0.05, 0.1) is 23.7 Å². The Morgan fingerprint density at radius 1 is 1.26 bits per heavy atom. The smallest absolute Gasteiger partial charge is 0.260 e. The fraction of sp³-hybridized carbons (Fsp3) is 0.462. The van der Waals surface area contributed by atoms with Gasteiger partial charge in [0, 0.05) is 0 Å². The molecular weight excluding hydrogens is 264 g/mol. The number of nitrogens with one attached hydrogen (secondary N) is 1. The first-order valence-electron chi connectivity index (χ1n) is 6.45. The molecule has 0 atom stereocenters. The summed E-state index contributed by atoms with van der Waals surface area (Å²) in [6.07, 6.45) is 2.38. The lowest BCUT2D eigenvalue weighted by molar-refractivity contribution is -0.116. The Labute approximate surface area is 113 Å². The van der Waals surface area contributed by atoms with Crippen LogP contribution >= 0.6 is 0 Å². The topological polar surface area (TPSA) is 66.5 Å². The highest BCUT2D eigenvalue weighted by Gasteiger charge is 2.33. The number of hydrogen-bond donors (Lipinski definition) is 1. The Morgan fingerprint density at radius 3 is 2.74 bits per heavy atom. The lowest BCUT2D eigenvalue weighted by Gasteiger charge is -2.29. The van der Waals surface area contributed by atoms with E-state index < -0.39 is 15.9 Å². The van der Waals surface area contributed by atoms with Crippen LogP contribution in [-0.2, 0) is 14.8 Å². The van der Waals surface area contributed by atoms with Crippen LogP contribution < -0.4 is 9.62 Å². The molecule has 1 aliphatic heterocycles. The number of carbonyl (C=O) groups is 1. The Bertz CT molecular complexity index is 569. The quantitative estimate of drug-likeness (QED) is 0.838. The van der Waals surface area contributed by atoms with Crippen LogP contribution in [-0.4, -0.2) is 26.6 Å². The summed E-state index contributed by atoms with van der Waals surface area (Å²) in [7, 11) is -3.57. The first kappa shape index (κ1) is 13.9. The first-order valence-corrected chi connectivity index (χ1v) is 8.06. The zero-order valence-electron chi connectivity index (χ0n) is 10.9. The molecule has 0 saturated heterocycles. The molecule has 0 fully saturated rings. The molecular formula is C13H18N2O3S. The van der Waals surface area contributed by atoms with Crippen LogP contribution in [0.1, 0.15) is 26.2 Å². The lowest BCUT2D eigenvalue weighted by Crippen LogP contribution is -2.44. The highest BCUT2D eigenvalue weighted by Crippen LogP contribution is 2.31. The van der Waals surface area contributed by atoms with Crippen LogP contribution in [0.25, 0.3) is 0 Å². The van der Waals surface area contributed by atoms with E-state index in [0.29, 0.717) is 17.8 Å². The summed E-state index contributed by atoms with van der Waals surface area (Å²) >= 11 is 0. The molecule has 0 unspecified atom stereocenters. The second-order valence-electron chi connectivity index (χ2n) is 4.55. The molecule has 0 bridgehead atoms. The minimum absolute atomic E-state index is 0.0148. The van der Waals surface area contributed by atoms with Crippen molar-refractivity contribution in [1.29, 1.82) is 0 Å². The van der Waals surface area contributed by atoms with Crippen molar-refractivity contribution in [3.63, 3.8) is 0 Å². The fourth-order valence-electron chi connectivity index (χ4n) is 2.11. The molecule has 104 valence electrons. The van der Waals surface area contributed by atoms with Gasteiger partial charge in [-0.25, -0.2) is 12.7 Å². The SMILES string of the molecule is CCCCCS(=O)(=O)N1C(=O)CNc2ccccc21. The molecule has 5 nitrogen and oxygen atoms in total. The number of fused-ring (bicyclic) bond motifs is 1. The predicted molar refractivity (Wildman–Crippen MR) is 75.7 cm³/mol. The van der Waals surface area contributed by atoms with Crippen molar-refractivity contribution in [3.8, 4) is 0 Å². The number of hydrogen-bond acceptors (Lipinski definition) is 4. The zero-order chi connectivity index (χ0) is 13.9. The maximum Gasteiger partial charge on any atom is 0.260 e. The highest BCUT2D eigenvalue weighted by atomic mass is 32.2. The van der Waals surface area contributed by atoms with Gasteiger partial charge in [0.25, 0.3) is 5.91 Å². The van der Waals surface area contributed by atoms with Crippen molar-refractivity contribution in [2.45, 2.75) is 26.2 Å². The zero-order valence-corrected chi connectivity index (χ0v) is 11.7. The molecule has 1 heterocycles. The molecule has 0 aromatic heterocycles. The summed E-state index contributed by atoms with van der Waals surface area (Å²) in [4.78, 5) is 11.9. The van der Waals surface area contributed by atoms with Crippen LogP contribution in [0.4, 0.5) is 11.4 Å². The van der Waals surface area contributed by atoms with E-state index >= 15 is 0 Å². The number of carbonyl (C=O) groups excluding carboxylic acids is 1. The maximum absolute atomic E-state index is 12.3. The van der Waals surface area contributed by atoms with Crippen LogP contribution in [0.5, 0.6) is 0 Å². The van der Waals surface area contributed by atoms with Gasteiger partial charge in [-0.1, -0.05) is 31.9 Å². The number of unbranched alkanes of at least 4 members (excludes halogenated alkanes) is 2. The molecule has 1 aliphatic rings. The molecule has 2 rings (SSSR count). The molecule has 6 heteroatoms. The van der Waals surface area contributed by atoms with Gasteiger partial charge in [-0.3, -0.25) is 4.79 Å². The van der Waals surface area contributed by atoms with Crippen molar-refractivity contribution in [2.24, 2.45) is 0 Å². The van der Waals surface area contributed by atoms with Crippen molar-refractivity contribution in [2.75, 3.05) is 21.9 Å². The summed E-state index contributed by atoms with van der Waals surface area (Å²) in [6, 6.07) is 6.96. The maximum atomic E-state index is 12.3. The second kappa shape index (κ2) is 5.61. The van der Waals surface area contributed by atoms with E-state index in [4.69, 9.17) is 0 Å². The van der Waals surface area contributed by atoms with E-state index in [9.17, 15) is 13.2 Å². The number of amides is 1. The number of benzene rings is 1. The third-order valence-electron chi connectivity index (χ3n) is 3.06. The first-order chi connectivity index (χ1) is 9.06. The highest BCUT2D eigenvalue weighted by molar-refractivity contribution is 7.93. The number of para-hydroxylation sites is 2. The normalized spacial score (nSPS) is 15.0. The van der Waals surface area contributed by atoms with E-state index in [1.165, 1.54) is 0 Å². The number of rotatable bonds is 5. The molecule has 1 N–H and O–H groups in total. The van der Waals surface area contributed by atoms with Gasteiger partial charge in [-0.15, -0.1) is 0 Å². The monoisotopic (exact) mass is 282 g/mol. The molecule has 0 saturated carbocycles. The average molecular weight is 282 g/mol. The number of nitrogens with zero attached hydrogens (tertiary/aromatic N) is 1. The van der Waals surface area contributed by atoms with Crippen molar-refractivity contribution >= 4 is 27.3 Å². The van der Waals surface area contributed by atoms with Crippen molar-refractivity contribution < 1.29 is 13.2 Å². The Hall–Kier alpha value is -1.56. The summed E-state index contributed by atoms with van der Waals surface area (Å²) in [5.74, 6) is -0.406. The van der Waals surface area contributed by atoms with Crippen LogP contribution in [0, 0.1) is 0 Å². The summed E-state index contributed by atoms with van der Waals surface area (Å²) in [6.45, 7) is 2.03. The molecule has 1 amide bonds. The molecule has 1 aromatic rings. The van der Waals surface area contributed by atoms with Gasteiger partial charge in [0.15, 0.2) is 0 Å². The van der Waals surface area contributed by atoms with Crippen molar-refractivity contribution in [3.05, 3.63) is 24.3 Å². The van der Waals surface area contributed by atoms with E-state index in [2.05, 4.69) is 5.32 Å². The van der Waals surface area contributed by atoms with Gasteiger partial charge >= 0.3 is 0 Å². The predicted octanol–water partition coefficient (Wildman–Crippen LogP) is 1.97. The average Bonchev–Trinajstić information content (AvgIpc) is 2.38. The molecule has 0 spiro atoms. The van der Waals surface area contributed by atoms with Crippen LogP contribution in [0.3, 0.4) is 0 Å². The van der Waals surface area contributed by atoms with Gasteiger partial charge in [0.1, 0.15) is 0 Å². The third-order valence-corrected chi connectivity index (χ3v) is 4.82. The fourth-order valence-corrected chi connectivity index (χ4v) is 3.69. The Kier molecular flexibility index (Phi) is 4.09. The minimum atomic E-state index is -3.57. The molecule has 19 heavy (non-hydrogen) atoms. The third kappa shape index (κ3) is 2.89. The van der Waals surface area contributed by atoms with Gasteiger partial charge < -0.3 is 5.32 Å². The molecule has 1 aromatic carbocycles. The van der Waals surface area contributed by atoms with Crippen molar-refractivity contribution in [1.82, 2.24) is 0 Å². The molecule has 0 aliphatic carbocycles. The standard InChI is InChI=1S/C13H18N2O3S/c1-2-3-6-9-19(17,18)15-12-8-5-4-7-11(12)14-10-13(15)16/h4-5,7-8,14H,2-3,6,9-10H2,1H3. The van der Waals surface area contributed by atoms with Crippen LogP contribution in [0.15, 0.2) is 24.3 Å². The van der Waals surface area contributed by atoms with Crippen LogP contribution in [0.2, 0.25) is 0 Å². The Balaban J connectivity index is 2.30. The minimum Gasteiger partial charge on any atom is -0.374 e. The van der Waals surface area contributed by atoms with E-state index in [-0.39, 0.29) is 12.3 Å². The van der Waals surface area contributed by atoms with Gasteiger partial charge in [-0.2, -0.15) is 0 Å². The summed E-state index contributed by atoms with van der Waals surface area (Å²) in [5.41, 5.74) is 1.11.